The van der Waals surface area contributed by atoms with Crippen molar-refractivity contribution in [3.05, 3.63) is 30.0 Å². The van der Waals surface area contributed by atoms with Crippen LogP contribution in [0.3, 0.4) is 0 Å². The molecular weight excluding hydrogens is 288 g/mol. The molecular formula is C15H20N2O3S. The maximum absolute atomic E-state index is 12.3. The smallest absolute Gasteiger partial charge is 0.243 e. The fourth-order valence-electron chi connectivity index (χ4n) is 2.17. The lowest BCUT2D eigenvalue weighted by Gasteiger charge is -2.14. The van der Waals surface area contributed by atoms with E-state index in [1.165, 1.54) is 26.2 Å². The molecule has 114 valence electrons. The minimum Gasteiger partial charge on any atom is -0.506 e. The fraction of sp³-hybridized carbons (Fsp3) is 0.400. The van der Waals surface area contributed by atoms with Gasteiger partial charge in [0.05, 0.1) is 4.90 Å². The fourth-order valence-corrected chi connectivity index (χ4v) is 3.25. The summed E-state index contributed by atoms with van der Waals surface area (Å²) >= 11 is 0. The summed E-state index contributed by atoms with van der Waals surface area (Å²) in [5.41, 5.74) is 1.17. The van der Waals surface area contributed by atoms with Gasteiger partial charge in [0.2, 0.25) is 10.0 Å². The molecule has 0 radical (unpaired) electrons. The lowest BCUT2D eigenvalue weighted by Crippen LogP contribution is -2.22. The van der Waals surface area contributed by atoms with Gasteiger partial charge in [-0.15, -0.1) is 0 Å². The summed E-state index contributed by atoms with van der Waals surface area (Å²) in [6.45, 7) is 4.16. The van der Waals surface area contributed by atoms with Crippen LogP contribution in [0.2, 0.25) is 0 Å². The lowest BCUT2D eigenvalue weighted by molar-refractivity contribution is 0.479. The Bertz CT molecular complexity index is 768. The third-order valence-electron chi connectivity index (χ3n) is 3.23. The number of fused-ring (bicyclic) bond motifs is 1. The van der Waals surface area contributed by atoms with E-state index in [-0.39, 0.29) is 10.6 Å². The number of pyridine rings is 1. The van der Waals surface area contributed by atoms with Gasteiger partial charge >= 0.3 is 0 Å². The molecule has 1 aromatic heterocycles. The first-order chi connectivity index (χ1) is 9.73. The van der Waals surface area contributed by atoms with Crippen LogP contribution in [0.5, 0.6) is 5.75 Å². The molecule has 1 N–H and O–H groups in total. The number of phenolic OH excluding ortho intramolecular Hbond substituents is 1. The van der Waals surface area contributed by atoms with E-state index in [1.807, 2.05) is 6.07 Å². The quantitative estimate of drug-likeness (QED) is 0.941. The second kappa shape index (κ2) is 5.61. The van der Waals surface area contributed by atoms with Gasteiger partial charge in [-0.05, 0) is 36.6 Å². The van der Waals surface area contributed by atoms with Crippen molar-refractivity contribution < 1.29 is 13.5 Å². The minimum atomic E-state index is -3.57. The number of aromatic nitrogens is 1. The van der Waals surface area contributed by atoms with Crippen LogP contribution in [0.15, 0.2) is 29.2 Å². The molecule has 0 atom stereocenters. The molecule has 0 aliphatic heterocycles. The van der Waals surface area contributed by atoms with Crippen molar-refractivity contribution in [3.63, 3.8) is 0 Å². The average molecular weight is 308 g/mol. The third-order valence-corrected chi connectivity index (χ3v) is 5.10. The van der Waals surface area contributed by atoms with Gasteiger partial charge in [0.25, 0.3) is 0 Å². The van der Waals surface area contributed by atoms with Crippen LogP contribution >= 0.6 is 0 Å². The van der Waals surface area contributed by atoms with Gasteiger partial charge in [-0.2, -0.15) is 0 Å². The maximum Gasteiger partial charge on any atom is 0.243 e. The molecule has 0 aliphatic carbocycles. The Morgan fingerprint density at radius 1 is 1.19 bits per heavy atom. The Kier molecular flexibility index (Phi) is 4.20. The molecule has 6 heteroatoms. The van der Waals surface area contributed by atoms with Crippen molar-refractivity contribution in [3.8, 4) is 5.75 Å². The molecule has 0 amide bonds. The maximum atomic E-state index is 12.3. The summed E-state index contributed by atoms with van der Waals surface area (Å²) in [5, 5.41) is 10.4. The van der Waals surface area contributed by atoms with Gasteiger partial charge < -0.3 is 5.11 Å². The van der Waals surface area contributed by atoms with Gasteiger partial charge in [0, 0.05) is 25.2 Å². The summed E-state index contributed by atoms with van der Waals surface area (Å²) in [6, 6.07) is 6.33. The highest BCUT2D eigenvalue weighted by Gasteiger charge is 2.21. The molecule has 0 bridgehead atoms. The van der Waals surface area contributed by atoms with Crippen molar-refractivity contribution in [1.29, 1.82) is 0 Å². The van der Waals surface area contributed by atoms with Crippen molar-refractivity contribution in [2.24, 2.45) is 5.92 Å². The van der Waals surface area contributed by atoms with Gasteiger partial charge in [0.15, 0.2) is 0 Å². The van der Waals surface area contributed by atoms with E-state index in [9.17, 15) is 13.5 Å². The number of hydrogen-bond acceptors (Lipinski definition) is 4. The van der Waals surface area contributed by atoms with Gasteiger partial charge in [-0.25, -0.2) is 17.7 Å². The third kappa shape index (κ3) is 3.01. The van der Waals surface area contributed by atoms with Crippen LogP contribution in [0.1, 0.15) is 19.5 Å². The molecule has 2 rings (SSSR count). The first-order valence-electron chi connectivity index (χ1n) is 6.77. The SMILES string of the molecule is CC(C)Cc1ccc2c(S(=O)(=O)N(C)C)ccc(O)c2n1. The molecule has 1 heterocycles. The highest BCUT2D eigenvalue weighted by atomic mass is 32.2. The molecule has 0 fully saturated rings. The van der Waals surface area contributed by atoms with E-state index < -0.39 is 10.0 Å². The average Bonchev–Trinajstić information content (AvgIpc) is 2.38. The number of nitrogens with zero attached hydrogens (tertiary/aromatic N) is 2. The van der Waals surface area contributed by atoms with E-state index in [2.05, 4.69) is 18.8 Å². The number of aromatic hydroxyl groups is 1. The van der Waals surface area contributed by atoms with Crippen LogP contribution < -0.4 is 0 Å². The number of rotatable bonds is 4. The van der Waals surface area contributed by atoms with E-state index in [4.69, 9.17) is 0 Å². The Labute approximate surface area is 125 Å². The van der Waals surface area contributed by atoms with E-state index >= 15 is 0 Å². The topological polar surface area (TPSA) is 70.5 Å². The summed E-state index contributed by atoms with van der Waals surface area (Å²) in [4.78, 5) is 4.57. The largest absolute Gasteiger partial charge is 0.506 e. The van der Waals surface area contributed by atoms with Crippen molar-refractivity contribution >= 4 is 20.9 Å². The molecule has 0 unspecified atom stereocenters. The van der Waals surface area contributed by atoms with Gasteiger partial charge in [-0.3, -0.25) is 0 Å². The van der Waals surface area contributed by atoms with Crippen LogP contribution in [-0.2, 0) is 16.4 Å². The second-order valence-electron chi connectivity index (χ2n) is 5.67. The molecule has 2 aromatic rings. The number of phenols is 1. The predicted molar refractivity (Wildman–Crippen MR) is 82.8 cm³/mol. The van der Waals surface area contributed by atoms with Crippen LogP contribution in [0, 0.1) is 5.92 Å². The number of benzene rings is 1. The standard InChI is InChI=1S/C15H20N2O3S/c1-10(2)9-11-5-6-12-14(21(19,20)17(3)4)8-7-13(18)15(12)16-11/h5-8,10,18H,9H2,1-4H3. The molecule has 0 aliphatic rings. The van der Waals surface area contributed by atoms with Crippen LogP contribution in [0.25, 0.3) is 10.9 Å². The first-order valence-corrected chi connectivity index (χ1v) is 8.21. The molecule has 0 saturated carbocycles. The predicted octanol–water partition coefficient (Wildman–Crippen LogP) is 2.39. The van der Waals surface area contributed by atoms with Gasteiger partial charge in [-0.1, -0.05) is 13.8 Å². The zero-order valence-corrected chi connectivity index (χ0v) is 13.5. The summed E-state index contributed by atoms with van der Waals surface area (Å²) in [7, 11) is -0.612. The van der Waals surface area contributed by atoms with E-state index in [1.54, 1.807) is 6.07 Å². The monoisotopic (exact) mass is 308 g/mol. The first kappa shape index (κ1) is 15.7. The Hall–Kier alpha value is -1.66. The van der Waals surface area contributed by atoms with E-state index in [0.29, 0.717) is 16.8 Å². The number of hydrogen-bond donors (Lipinski definition) is 1. The molecule has 0 spiro atoms. The van der Waals surface area contributed by atoms with Gasteiger partial charge in [0.1, 0.15) is 11.3 Å². The number of sulfonamides is 1. The van der Waals surface area contributed by atoms with Crippen LogP contribution in [0.4, 0.5) is 0 Å². The second-order valence-corrected chi connectivity index (χ2v) is 7.79. The molecule has 0 saturated heterocycles. The summed E-state index contributed by atoms with van der Waals surface area (Å²) < 4.78 is 25.8. The molecule has 5 nitrogen and oxygen atoms in total. The van der Waals surface area contributed by atoms with Crippen LogP contribution in [-0.4, -0.2) is 36.9 Å². The normalized spacial score (nSPS) is 12.5. The van der Waals surface area contributed by atoms with Crippen molar-refractivity contribution in [1.82, 2.24) is 9.29 Å². The Morgan fingerprint density at radius 3 is 2.43 bits per heavy atom. The lowest BCUT2D eigenvalue weighted by atomic mass is 10.1. The summed E-state index contributed by atoms with van der Waals surface area (Å²) in [5.74, 6) is 0.430. The van der Waals surface area contributed by atoms with E-state index in [0.717, 1.165) is 16.4 Å². The van der Waals surface area contributed by atoms with Crippen molar-refractivity contribution in [2.45, 2.75) is 25.2 Å². The Morgan fingerprint density at radius 2 is 1.86 bits per heavy atom. The molecule has 21 heavy (non-hydrogen) atoms. The highest BCUT2D eigenvalue weighted by molar-refractivity contribution is 7.89. The Balaban J connectivity index is 2.70. The minimum absolute atomic E-state index is 0.00619. The highest BCUT2D eigenvalue weighted by Crippen LogP contribution is 2.30. The van der Waals surface area contributed by atoms with Crippen molar-refractivity contribution in [2.75, 3.05) is 14.1 Å². The zero-order valence-electron chi connectivity index (χ0n) is 12.7. The summed E-state index contributed by atoms with van der Waals surface area (Å²) in [6.07, 6.45) is 0.778. The molecule has 1 aromatic carbocycles. The zero-order chi connectivity index (χ0) is 15.8.